The standard InChI is InChI=1S/C19H24N2O/c1-4-5-14-21(3)19(22)18(17-12-8-9-13-20-17)16-11-7-6-10-15(16)2/h6-13,18H,4-5,14H2,1-3H3. The minimum Gasteiger partial charge on any atom is -0.345 e. The minimum atomic E-state index is -0.329. The molecule has 0 N–H and O–H groups in total. The van der Waals surface area contributed by atoms with Crippen molar-refractivity contribution in [3.05, 3.63) is 65.5 Å². The molecule has 1 aromatic heterocycles. The summed E-state index contributed by atoms with van der Waals surface area (Å²) >= 11 is 0. The highest BCUT2D eigenvalue weighted by Crippen LogP contribution is 2.27. The van der Waals surface area contributed by atoms with Gasteiger partial charge in [-0.25, -0.2) is 0 Å². The van der Waals surface area contributed by atoms with Crippen molar-refractivity contribution >= 4 is 5.91 Å². The zero-order chi connectivity index (χ0) is 15.9. The molecule has 2 aromatic rings. The molecule has 1 heterocycles. The molecule has 1 aromatic carbocycles. The van der Waals surface area contributed by atoms with E-state index in [1.54, 1.807) is 6.20 Å². The molecule has 0 aliphatic carbocycles. The molecule has 0 aliphatic heterocycles. The lowest BCUT2D eigenvalue weighted by atomic mass is 9.90. The Balaban J connectivity index is 2.39. The number of benzene rings is 1. The maximum atomic E-state index is 13.0. The van der Waals surface area contributed by atoms with Crippen LogP contribution in [0.5, 0.6) is 0 Å². The lowest BCUT2D eigenvalue weighted by molar-refractivity contribution is -0.130. The molecule has 22 heavy (non-hydrogen) atoms. The topological polar surface area (TPSA) is 33.2 Å². The van der Waals surface area contributed by atoms with Crippen LogP contribution in [0.1, 0.15) is 42.5 Å². The smallest absolute Gasteiger partial charge is 0.235 e. The average Bonchev–Trinajstić information content (AvgIpc) is 2.55. The Morgan fingerprint density at radius 1 is 1.18 bits per heavy atom. The number of carbonyl (C=O) groups excluding carboxylic acids is 1. The fourth-order valence-electron chi connectivity index (χ4n) is 2.60. The number of amides is 1. The Bertz CT molecular complexity index is 610. The van der Waals surface area contributed by atoms with Crippen molar-refractivity contribution in [2.45, 2.75) is 32.6 Å². The summed E-state index contributed by atoms with van der Waals surface area (Å²) in [5.74, 6) is -0.217. The third kappa shape index (κ3) is 3.73. The van der Waals surface area contributed by atoms with Crippen molar-refractivity contribution in [3.8, 4) is 0 Å². The first kappa shape index (κ1) is 16.2. The van der Waals surface area contributed by atoms with Crippen LogP contribution in [-0.4, -0.2) is 29.4 Å². The largest absolute Gasteiger partial charge is 0.345 e. The van der Waals surface area contributed by atoms with E-state index in [2.05, 4.69) is 11.9 Å². The first-order chi connectivity index (χ1) is 10.6. The predicted octanol–water partition coefficient (Wildman–Crippen LogP) is 3.78. The fourth-order valence-corrected chi connectivity index (χ4v) is 2.60. The second kappa shape index (κ2) is 7.74. The molecule has 0 spiro atoms. The summed E-state index contributed by atoms with van der Waals surface area (Å²) in [5.41, 5.74) is 2.97. The van der Waals surface area contributed by atoms with Gasteiger partial charge in [-0.15, -0.1) is 0 Å². The highest BCUT2D eigenvalue weighted by atomic mass is 16.2. The number of hydrogen-bond donors (Lipinski definition) is 0. The molecule has 0 bridgehead atoms. The Hall–Kier alpha value is -2.16. The zero-order valence-corrected chi connectivity index (χ0v) is 13.6. The van der Waals surface area contributed by atoms with Crippen molar-refractivity contribution in [2.75, 3.05) is 13.6 Å². The third-order valence-electron chi connectivity index (χ3n) is 3.95. The first-order valence-corrected chi connectivity index (χ1v) is 7.86. The Labute approximate surface area is 133 Å². The van der Waals surface area contributed by atoms with Crippen LogP contribution in [0.15, 0.2) is 48.7 Å². The van der Waals surface area contributed by atoms with Gasteiger partial charge in [0, 0.05) is 19.8 Å². The number of likely N-dealkylation sites (N-methyl/N-ethyl adjacent to an activating group) is 1. The van der Waals surface area contributed by atoms with Gasteiger partial charge in [-0.05, 0) is 36.6 Å². The number of nitrogens with zero attached hydrogens (tertiary/aromatic N) is 2. The molecule has 3 nitrogen and oxygen atoms in total. The lowest BCUT2D eigenvalue weighted by Crippen LogP contribution is -2.33. The number of aromatic nitrogens is 1. The molecule has 1 amide bonds. The molecule has 0 fully saturated rings. The van der Waals surface area contributed by atoms with Gasteiger partial charge in [-0.3, -0.25) is 9.78 Å². The van der Waals surface area contributed by atoms with Gasteiger partial charge in [0.05, 0.1) is 5.69 Å². The van der Waals surface area contributed by atoms with Gasteiger partial charge in [-0.2, -0.15) is 0 Å². The van der Waals surface area contributed by atoms with Crippen molar-refractivity contribution < 1.29 is 4.79 Å². The van der Waals surface area contributed by atoms with Gasteiger partial charge in [0.15, 0.2) is 0 Å². The summed E-state index contributed by atoms with van der Waals surface area (Å²) < 4.78 is 0. The first-order valence-electron chi connectivity index (χ1n) is 7.86. The summed E-state index contributed by atoms with van der Waals surface area (Å²) in [7, 11) is 1.88. The summed E-state index contributed by atoms with van der Waals surface area (Å²) in [5, 5.41) is 0. The number of hydrogen-bond acceptors (Lipinski definition) is 2. The molecule has 0 saturated carbocycles. The number of aryl methyl sites for hydroxylation is 1. The van der Waals surface area contributed by atoms with E-state index in [0.29, 0.717) is 0 Å². The van der Waals surface area contributed by atoms with Crippen LogP contribution in [0.4, 0.5) is 0 Å². The van der Waals surface area contributed by atoms with Crippen molar-refractivity contribution in [3.63, 3.8) is 0 Å². The van der Waals surface area contributed by atoms with Crippen molar-refractivity contribution in [2.24, 2.45) is 0 Å². The minimum absolute atomic E-state index is 0.112. The molecular weight excluding hydrogens is 272 g/mol. The number of unbranched alkanes of at least 4 members (excludes halogenated alkanes) is 1. The van der Waals surface area contributed by atoms with Crippen LogP contribution in [-0.2, 0) is 4.79 Å². The molecule has 1 unspecified atom stereocenters. The molecule has 0 radical (unpaired) electrons. The van der Waals surface area contributed by atoms with E-state index in [1.165, 1.54) is 0 Å². The van der Waals surface area contributed by atoms with E-state index >= 15 is 0 Å². The summed E-state index contributed by atoms with van der Waals surface area (Å²) in [6.45, 7) is 4.96. The second-order valence-corrected chi connectivity index (χ2v) is 5.66. The Morgan fingerprint density at radius 2 is 1.91 bits per heavy atom. The van der Waals surface area contributed by atoms with Crippen molar-refractivity contribution in [1.82, 2.24) is 9.88 Å². The van der Waals surface area contributed by atoms with E-state index in [9.17, 15) is 4.79 Å². The maximum absolute atomic E-state index is 13.0. The third-order valence-corrected chi connectivity index (χ3v) is 3.95. The molecular formula is C19H24N2O. The average molecular weight is 296 g/mol. The summed E-state index contributed by atoms with van der Waals surface area (Å²) in [6, 6.07) is 13.8. The SMILES string of the molecule is CCCCN(C)C(=O)C(c1ccccn1)c1ccccc1C. The van der Waals surface area contributed by atoms with Gasteiger partial charge in [0.2, 0.25) is 5.91 Å². The molecule has 2 rings (SSSR count). The predicted molar refractivity (Wildman–Crippen MR) is 89.8 cm³/mol. The van der Waals surface area contributed by atoms with Crippen LogP contribution >= 0.6 is 0 Å². The monoisotopic (exact) mass is 296 g/mol. The molecule has 0 saturated heterocycles. The lowest BCUT2D eigenvalue weighted by Gasteiger charge is -2.25. The fraction of sp³-hybridized carbons (Fsp3) is 0.368. The van der Waals surface area contributed by atoms with Gasteiger partial charge < -0.3 is 4.90 Å². The number of rotatable bonds is 6. The van der Waals surface area contributed by atoms with E-state index in [-0.39, 0.29) is 11.8 Å². The van der Waals surface area contributed by atoms with Crippen LogP contribution < -0.4 is 0 Å². The summed E-state index contributed by atoms with van der Waals surface area (Å²) in [4.78, 5) is 19.2. The van der Waals surface area contributed by atoms with Crippen molar-refractivity contribution in [1.29, 1.82) is 0 Å². The summed E-state index contributed by atoms with van der Waals surface area (Å²) in [6.07, 6.45) is 3.85. The van der Waals surface area contributed by atoms with Gasteiger partial charge in [0.25, 0.3) is 0 Å². The zero-order valence-electron chi connectivity index (χ0n) is 13.6. The quantitative estimate of drug-likeness (QED) is 0.812. The van der Waals surface area contributed by atoms with Gasteiger partial charge >= 0.3 is 0 Å². The second-order valence-electron chi connectivity index (χ2n) is 5.66. The molecule has 0 aliphatic rings. The van der Waals surface area contributed by atoms with Gasteiger partial charge in [0.1, 0.15) is 5.92 Å². The van der Waals surface area contributed by atoms with Crippen LogP contribution in [0, 0.1) is 6.92 Å². The van der Waals surface area contributed by atoms with E-state index in [4.69, 9.17) is 0 Å². The van der Waals surface area contributed by atoms with E-state index in [0.717, 1.165) is 36.2 Å². The Morgan fingerprint density at radius 3 is 2.55 bits per heavy atom. The highest BCUT2D eigenvalue weighted by Gasteiger charge is 2.27. The van der Waals surface area contributed by atoms with E-state index in [1.807, 2.05) is 61.3 Å². The number of pyridine rings is 1. The molecule has 3 heteroatoms. The van der Waals surface area contributed by atoms with Crippen LogP contribution in [0.25, 0.3) is 0 Å². The normalized spacial score (nSPS) is 12.0. The maximum Gasteiger partial charge on any atom is 0.235 e. The molecule has 116 valence electrons. The van der Waals surface area contributed by atoms with Crippen LogP contribution in [0.2, 0.25) is 0 Å². The van der Waals surface area contributed by atoms with Crippen LogP contribution in [0.3, 0.4) is 0 Å². The van der Waals surface area contributed by atoms with E-state index < -0.39 is 0 Å². The van der Waals surface area contributed by atoms with Gasteiger partial charge in [-0.1, -0.05) is 43.7 Å². The highest BCUT2D eigenvalue weighted by molar-refractivity contribution is 5.87. The number of carbonyl (C=O) groups is 1. The Kier molecular flexibility index (Phi) is 5.70. The molecule has 1 atom stereocenters.